The van der Waals surface area contributed by atoms with Gasteiger partial charge in [0.1, 0.15) is 23.0 Å². The molecule has 1 amide bonds. The molecular weight excluding hydrogens is 483 g/mol. The van der Waals surface area contributed by atoms with E-state index in [-0.39, 0.29) is 12.4 Å². The standard InChI is InChI=1S/C18H10BrF5N2O2S/c19-16-15(8-1-3-9(4-2-8)18(22,23)24)26-12(29-16)7-28-11-6-5-10(20)13(14(11)21)17(25)27/h1-6H,7H2,(H2,25,27). The van der Waals surface area contributed by atoms with Crippen molar-refractivity contribution < 1.29 is 31.5 Å². The maximum atomic E-state index is 14.2. The van der Waals surface area contributed by atoms with E-state index < -0.39 is 34.8 Å². The largest absolute Gasteiger partial charge is 0.483 e. The van der Waals surface area contributed by atoms with Gasteiger partial charge in [-0.25, -0.2) is 13.8 Å². The van der Waals surface area contributed by atoms with Gasteiger partial charge in [0.05, 0.1) is 15.0 Å². The Bertz CT molecular complexity index is 1070. The number of carbonyl (C=O) groups excluding carboxylic acids is 1. The molecule has 0 fully saturated rings. The third-order valence-electron chi connectivity index (χ3n) is 3.77. The minimum Gasteiger partial charge on any atom is -0.483 e. The van der Waals surface area contributed by atoms with Crippen molar-refractivity contribution in [2.45, 2.75) is 12.8 Å². The summed E-state index contributed by atoms with van der Waals surface area (Å²) in [7, 11) is 0. The van der Waals surface area contributed by atoms with Gasteiger partial charge in [-0.2, -0.15) is 13.2 Å². The zero-order valence-corrected chi connectivity index (χ0v) is 16.6. The molecule has 0 saturated heterocycles. The fraction of sp³-hybridized carbons (Fsp3) is 0.111. The quantitative estimate of drug-likeness (QED) is 0.475. The van der Waals surface area contributed by atoms with Gasteiger partial charge in [0.25, 0.3) is 5.91 Å². The van der Waals surface area contributed by atoms with Crippen LogP contribution in [0.1, 0.15) is 20.9 Å². The highest BCUT2D eigenvalue weighted by Gasteiger charge is 2.30. The molecule has 0 radical (unpaired) electrons. The van der Waals surface area contributed by atoms with Crippen molar-refractivity contribution in [2.24, 2.45) is 5.73 Å². The number of alkyl halides is 3. The van der Waals surface area contributed by atoms with Crippen LogP contribution in [0.5, 0.6) is 5.75 Å². The number of benzene rings is 2. The van der Waals surface area contributed by atoms with E-state index in [9.17, 15) is 26.7 Å². The van der Waals surface area contributed by atoms with Crippen molar-refractivity contribution in [3.8, 4) is 17.0 Å². The van der Waals surface area contributed by atoms with E-state index in [0.29, 0.717) is 20.1 Å². The monoisotopic (exact) mass is 492 g/mol. The lowest BCUT2D eigenvalue weighted by atomic mass is 10.1. The lowest BCUT2D eigenvalue weighted by Crippen LogP contribution is -2.16. The Hall–Kier alpha value is -2.53. The van der Waals surface area contributed by atoms with E-state index >= 15 is 0 Å². The van der Waals surface area contributed by atoms with Gasteiger partial charge in [0.15, 0.2) is 11.6 Å². The second-order valence-corrected chi connectivity index (χ2v) is 8.09. The first kappa shape index (κ1) is 21.2. The van der Waals surface area contributed by atoms with Gasteiger partial charge in [-0.15, -0.1) is 11.3 Å². The first-order chi connectivity index (χ1) is 13.6. The van der Waals surface area contributed by atoms with E-state index in [4.69, 9.17) is 10.5 Å². The number of aromatic nitrogens is 1. The number of amides is 1. The molecule has 0 unspecified atom stereocenters. The summed E-state index contributed by atoms with van der Waals surface area (Å²) >= 11 is 4.41. The summed E-state index contributed by atoms with van der Waals surface area (Å²) in [5.41, 5.74) is 4.09. The normalized spacial score (nSPS) is 11.5. The van der Waals surface area contributed by atoms with E-state index in [0.717, 1.165) is 35.6 Å². The summed E-state index contributed by atoms with van der Waals surface area (Å²) in [4.78, 5) is 15.4. The molecule has 3 rings (SSSR count). The van der Waals surface area contributed by atoms with Gasteiger partial charge < -0.3 is 10.5 Å². The Morgan fingerprint density at radius 1 is 1.14 bits per heavy atom. The highest BCUT2D eigenvalue weighted by atomic mass is 79.9. The molecule has 0 aliphatic carbocycles. The summed E-state index contributed by atoms with van der Waals surface area (Å²) in [5.74, 6) is -3.99. The first-order valence-corrected chi connectivity index (χ1v) is 9.42. The molecule has 2 aromatic carbocycles. The number of halogens is 6. The SMILES string of the molecule is NC(=O)c1c(F)ccc(OCc2nc(-c3ccc(C(F)(F)F)cc3)c(Br)s2)c1F. The van der Waals surface area contributed by atoms with Crippen molar-refractivity contribution in [1.82, 2.24) is 4.98 Å². The van der Waals surface area contributed by atoms with Gasteiger partial charge >= 0.3 is 6.18 Å². The molecule has 0 atom stereocenters. The summed E-state index contributed by atoms with van der Waals surface area (Å²) in [6.07, 6.45) is -4.44. The third-order valence-corrected chi connectivity index (χ3v) is 5.45. The highest BCUT2D eigenvalue weighted by molar-refractivity contribution is 9.11. The number of hydrogen-bond donors (Lipinski definition) is 1. The molecular formula is C18H10BrF5N2O2S. The fourth-order valence-corrected chi connectivity index (χ4v) is 4.01. The van der Waals surface area contributed by atoms with Crippen LogP contribution >= 0.6 is 27.3 Å². The molecule has 0 bridgehead atoms. The molecule has 152 valence electrons. The van der Waals surface area contributed by atoms with Crippen molar-refractivity contribution >= 4 is 33.2 Å². The number of primary amides is 1. The average molecular weight is 493 g/mol. The summed E-state index contributed by atoms with van der Waals surface area (Å²) in [5, 5.41) is 0.371. The number of rotatable bonds is 5. The van der Waals surface area contributed by atoms with Gasteiger partial charge in [-0.05, 0) is 40.2 Å². The Morgan fingerprint density at radius 3 is 2.38 bits per heavy atom. The summed E-state index contributed by atoms with van der Waals surface area (Å²) < 4.78 is 71.5. The van der Waals surface area contributed by atoms with Crippen molar-refractivity contribution in [3.63, 3.8) is 0 Å². The molecule has 0 spiro atoms. The first-order valence-electron chi connectivity index (χ1n) is 7.81. The molecule has 1 heterocycles. The minimum absolute atomic E-state index is 0.218. The van der Waals surface area contributed by atoms with Crippen LogP contribution in [-0.4, -0.2) is 10.9 Å². The van der Waals surface area contributed by atoms with Crippen LogP contribution in [0.2, 0.25) is 0 Å². The summed E-state index contributed by atoms with van der Waals surface area (Å²) in [6, 6.07) is 6.31. The molecule has 4 nitrogen and oxygen atoms in total. The number of hydrogen-bond acceptors (Lipinski definition) is 4. The van der Waals surface area contributed by atoms with Crippen LogP contribution in [0.15, 0.2) is 40.2 Å². The molecule has 1 aromatic heterocycles. The van der Waals surface area contributed by atoms with Gasteiger partial charge in [-0.3, -0.25) is 4.79 Å². The van der Waals surface area contributed by atoms with Crippen LogP contribution in [0.3, 0.4) is 0 Å². The average Bonchev–Trinajstić information content (AvgIpc) is 3.01. The minimum atomic E-state index is -4.44. The van der Waals surface area contributed by atoms with E-state index in [1.54, 1.807) is 0 Å². The predicted octanol–water partition coefficient (Wildman–Crippen LogP) is 5.55. The number of nitrogens with two attached hydrogens (primary N) is 1. The predicted molar refractivity (Wildman–Crippen MR) is 99.5 cm³/mol. The van der Waals surface area contributed by atoms with Crippen molar-refractivity contribution in [1.29, 1.82) is 0 Å². The topological polar surface area (TPSA) is 65.2 Å². The Balaban J connectivity index is 1.80. The molecule has 0 aliphatic rings. The highest BCUT2D eigenvalue weighted by Crippen LogP contribution is 2.36. The van der Waals surface area contributed by atoms with E-state index in [2.05, 4.69) is 20.9 Å². The molecule has 3 aromatic rings. The van der Waals surface area contributed by atoms with Crippen LogP contribution in [0.4, 0.5) is 22.0 Å². The molecule has 11 heteroatoms. The Labute approximate surface area is 173 Å². The van der Waals surface area contributed by atoms with Gasteiger partial charge in [-0.1, -0.05) is 12.1 Å². The molecule has 0 aliphatic heterocycles. The third kappa shape index (κ3) is 4.56. The van der Waals surface area contributed by atoms with Crippen molar-refractivity contribution in [2.75, 3.05) is 0 Å². The second-order valence-electron chi connectivity index (χ2n) is 5.69. The summed E-state index contributed by atoms with van der Waals surface area (Å²) in [6.45, 7) is -0.218. The number of thiazole rings is 1. The van der Waals surface area contributed by atoms with Gasteiger partial charge in [0, 0.05) is 5.56 Å². The van der Waals surface area contributed by atoms with E-state index in [1.165, 1.54) is 12.1 Å². The zero-order chi connectivity index (χ0) is 21.3. The maximum absolute atomic E-state index is 14.2. The number of nitrogens with zero attached hydrogens (tertiary/aromatic N) is 1. The Kier molecular flexibility index (Phi) is 5.90. The number of carbonyl (C=O) groups is 1. The lowest BCUT2D eigenvalue weighted by Gasteiger charge is -2.08. The Morgan fingerprint density at radius 2 is 1.79 bits per heavy atom. The van der Waals surface area contributed by atoms with Crippen LogP contribution < -0.4 is 10.5 Å². The lowest BCUT2D eigenvalue weighted by molar-refractivity contribution is -0.137. The van der Waals surface area contributed by atoms with Crippen LogP contribution in [0, 0.1) is 11.6 Å². The van der Waals surface area contributed by atoms with Gasteiger partial charge in [0.2, 0.25) is 0 Å². The van der Waals surface area contributed by atoms with Crippen LogP contribution in [0.25, 0.3) is 11.3 Å². The molecule has 2 N–H and O–H groups in total. The molecule has 0 saturated carbocycles. The van der Waals surface area contributed by atoms with Crippen LogP contribution in [-0.2, 0) is 12.8 Å². The molecule has 29 heavy (non-hydrogen) atoms. The second kappa shape index (κ2) is 8.07. The smallest absolute Gasteiger partial charge is 0.416 e. The zero-order valence-electron chi connectivity index (χ0n) is 14.2. The fourth-order valence-electron chi connectivity index (χ4n) is 2.41. The maximum Gasteiger partial charge on any atom is 0.416 e. The number of ether oxygens (including phenoxy) is 1. The van der Waals surface area contributed by atoms with E-state index in [1.807, 2.05) is 0 Å². The van der Waals surface area contributed by atoms with Crippen molar-refractivity contribution in [3.05, 3.63) is 68.0 Å².